The predicted octanol–water partition coefficient (Wildman–Crippen LogP) is 2.72. The van der Waals surface area contributed by atoms with E-state index >= 15 is 0 Å². The first kappa shape index (κ1) is 25.7. The Balaban J connectivity index is 1.69. The molecule has 9 nitrogen and oxygen atoms in total. The highest BCUT2D eigenvalue weighted by Gasteiger charge is 2.64. The molecule has 0 bridgehead atoms. The quantitative estimate of drug-likeness (QED) is 0.337. The zero-order valence-electron chi connectivity index (χ0n) is 17.9. The van der Waals surface area contributed by atoms with Crippen molar-refractivity contribution < 1.29 is 28.7 Å². The topological polar surface area (TPSA) is 105 Å². The molecule has 180 valence electrons. The van der Waals surface area contributed by atoms with Crippen molar-refractivity contribution in [3.63, 3.8) is 0 Å². The standard InChI is InChI=1S/C20H22Cl3N3O6S/c1-19(2)14(17(29)31-3)26-15(28)13(16(26)33-19)24-12(27)9-25(11-7-5-4-6-8-11)18(30)32-10-20(21,22)23/h4-8,13-14,16H,9-10H2,1-3H3,(H,24,27)/t13?,14?,16-/m1/s1. The lowest BCUT2D eigenvalue weighted by Gasteiger charge is -2.44. The van der Waals surface area contributed by atoms with Gasteiger partial charge in [0.2, 0.25) is 15.6 Å². The van der Waals surface area contributed by atoms with Crippen molar-refractivity contribution in [3.8, 4) is 0 Å². The summed E-state index contributed by atoms with van der Waals surface area (Å²) in [6.07, 6.45) is -0.897. The van der Waals surface area contributed by atoms with E-state index in [4.69, 9.17) is 44.3 Å². The van der Waals surface area contributed by atoms with Gasteiger partial charge < -0.3 is 19.7 Å². The average molecular weight is 539 g/mol. The molecular formula is C20H22Cl3N3O6S. The largest absolute Gasteiger partial charge is 0.467 e. The molecule has 2 heterocycles. The molecule has 0 radical (unpaired) electrons. The molecule has 1 N–H and O–H groups in total. The van der Waals surface area contributed by atoms with E-state index in [1.165, 1.54) is 23.8 Å². The number of fused-ring (bicyclic) bond motifs is 1. The van der Waals surface area contributed by atoms with Crippen LogP contribution in [0.3, 0.4) is 0 Å². The number of amides is 3. The molecule has 0 saturated carbocycles. The van der Waals surface area contributed by atoms with Crippen molar-refractivity contribution in [3.05, 3.63) is 30.3 Å². The van der Waals surface area contributed by atoms with Gasteiger partial charge in [-0.1, -0.05) is 53.0 Å². The number of β-lactam (4-membered cyclic amide) rings is 1. The van der Waals surface area contributed by atoms with E-state index < -0.39 is 63.0 Å². The van der Waals surface area contributed by atoms with E-state index in [0.717, 1.165) is 4.90 Å². The van der Waals surface area contributed by atoms with Crippen LogP contribution in [0.15, 0.2) is 30.3 Å². The van der Waals surface area contributed by atoms with Crippen molar-refractivity contribution in [2.75, 3.05) is 25.2 Å². The molecule has 0 spiro atoms. The third-order valence-corrected chi connectivity index (χ3v) is 7.03. The number of thioether (sulfide) groups is 1. The summed E-state index contributed by atoms with van der Waals surface area (Å²) >= 11 is 18.3. The number of anilines is 1. The maximum absolute atomic E-state index is 12.8. The van der Waals surface area contributed by atoms with E-state index in [9.17, 15) is 19.2 Å². The van der Waals surface area contributed by atoms with Crippen LogP contribution in [-0.2, 0) is 23.9 Å². The molecule has 2 aliphatic rings. The number of halogens is 3. The van der Waals surface area contributed by atoms with Crippen LogP contribution >= 0.6 is 46.6 Å². The zero-order valence-corrected chi connectivity index (χ0v) is 21.0. The third kappa shape index (κ3) is 5.62. The summed E-state index contributed by atoms with van der Waals surface area (Å²) in [5, 5.41) is 2.22. The summed E-state index contributed by atoms with van der Waals surface area (Å²) in [5.41, 5.74) is 0.380. The molecule has 2 unspecified atom stereocenters. The minimum absolute atomic E-state index is 0.380. The number of carbonyl (C=O) groups is 4. The molecule has 0 aromatic heterocycles. The highest BCUT2D eigenvalue weighted by atomic mass is 35.6. The Morgan fingerprint density at radius 3 is 2.42 bits per heavy atom. The lowest BCUT2D eigenvalue weighted by atomic mass is 9.96. The molecule has 13 heteroatoms. The number of benzene rings is 1. The second-order valence-electron chi connectivity index (χ2n) is 7.92. The van der Waals surface area contributed by atoms with Gasteiger partial charge in [-0.05, 0) is 26.0 Å². The summed E-state index contributed by atoms with van der Waals surface area (Å²) in [6.45, 7) is 2.72. The van der Waals surface area contributed by atoms with Gasteiger partial charge in [0.05, 0.1) is 7.11 Å². The number of alkyl halides is 3. The summed E-state index contributed by atoms with van der Waals surface area (Å²) in [5.74, 6) is -1.51. The maximum atomic E-state index is 12.8. The van der Waals surface area contributed by atoms with Crippen molar-refractivity contribution in [2.45, 2.75) is 39.8 Å². The fourth-order valence-corrected chi connectivity index (χ4v) is 5.48. The summed E-state index contributed by atoms with van der Waals surface area (Å²) in [7, 11) is 1.26. The maximum Gasteiger partial charge on any atom is 0.414 e. The Hall–Kier alpha value is -1.88. The smallest absolute Gasteiger partial charge is 0.414 e. The average Bonchev–Trinajstić information content (AvgIpc) is 3.01. The second kappa shape index (κ2) is 9.77. The lowest BCUT2D eigenvalue weighted by Crippen LogP contribution is -2.71. The molecule has 0 aliphatic carbocycles. The highest BCUT2D eigenvalue weighted by molar-refractivity contribution is 8.01. The number of carbonyl (C=O) groups excluding carboxylic acids is 4. The molecule has 2 fully saturated rings. The minimum Gasteiger partial charge on any atom is -0.467 e. The van der Waals surface area contributed by atoms with Gasteiger partial charge in [0, 0.05) is 10.4 Å². The third-order valence-electron chi connectivity index (χ3n) is 5.13. The first-order chi connectivity index (χ1) is 15.4. The molecule has 3 atom stereocenters. The van der Waals surface area contributed by atoms with E-state index in [1.807, 2.05) is 13.8 Å². The van der Waals surface area contributed by atoms with E-state index in [2.05, 4.69) is 5.32 Å². The van der Waals surface area contributed by atoms with Crippen LogP contribution in [0.2, 0.25) is 0 Å². The fourth-order valence-electron chi connectivity index (χ4n) is 3.69. The van der Waals surface area contributed by atoms with Crippen molar-refractivity contribution in [2.24, 2.45) is 0 Å². The van der Waals surface area contributed by atoms with Crippen LogP contribution in [0.4, 0.5) is 10.5 Å². The number of esters is 1. The van der Waals surface area contributed by atoms with Crippen LogP contribution < -0.4 is 10.2 Å². The molecule has 3 amide bonds. The molecule has 2 aliphatic heterocycles. The van der Waals surface area contributed by atoms with Gasteiger partial charge in [-0.25, -0.2) is 9.59 Å². The minimum atomic E-state index is -1.81. The fraction of sp³-hybridized carbons (Fsp3) is 0.500. The first-order valence-electron chi connectivity index (χ1n) is 9.79. The van der Waals surface area contributed by atoms with Gasteiger partial charge in [0.1, 0.15) is 30.6 Å². The Morgan fingerprint density at radius 2 is 1.85 bits per heavy atom. The Bertz CT molecular complexity index is 943. The lowest BCUT2D eigenvalue weighted by molar-refractivity contribution is -0.162. The van der Waals surface area contributed by atoms with Crippen molar-refractivity contribution >= 4 is 76.1 Å². The number of hydrogen-bond acceptors (Lipinski definition) is 7. The molecule has 33 heavy (non-hydrogen) atoms. The number of methoxy groups -OCH3 is 1. The van der Waals surface area contributed by atoms with Crippen molar-refractivity contribution in [1.82, 2.24) is 10.2 Å². The Kier molecular flexibility index (Phi) is 7.62. The van der Waals surface area contributed by atoms with Crippen LogP contribution in [0.1, 0.15) is 13.8 Å². The van der Waals surface area contributed by atoms with Crippen LogP contribution in [-0.4, -0.2) is 75.0 Å². The number of hydrogen-bond donors (Lipinski definition) is 1. The molecular weight excluding hydrogens is 517 g/mol. The highest BCUT2D eigenvalue weighted by Crippen LogP contribution is 2.51. The number of nitrogens with zero attached hydrogens (tertiary/aromatic N) is 2. The second-order valence-corrected chi connectivity index (χ2v) is 12.2. The van der Waals surface area contributed by atoms with Crippen LogP contribution in [0, 0.1) is 0 Å². The Labute approximate surface area is 210 Å². The van der Waals surface area contributed by atoms with E-state index in [0.29, 0.717) is 5.69 Å². The summed E-state index contributed by atoms with van der Waals surface area (Å²) in [4.78, 5) is 52.8. The monoisotopic (exact) mass is 537 g/mol. The number of ether oxygens (including phenoxy) is 2. The van der Waals surface area contributed by atoms with Gasteiger partial charge in [-0.3, -0.25) is 14.5 Å². The number of para-hydroxylation sites is 1. The normalized spacial score (nSPS) is 23.3. The van der Waals surface area contributed by atoms with E-state index in [-0.39, 0.29) is 0 Å². The molecule has 2 saturated heterocycles. The zero-order chi connectivity index (χ0) is 24.6. The van der Waals surface area contributed by atoms with Gasteiger partial charge in [0.15, 0.2) is 0 Å². The summed E-state index contributed by atoms with van der Waals surface area (Å²) < 4.78 is 7.45. The molecule has 1 aromatic rings. The molecule has 1 aromatic carbocycles. The van der Waals surface area contributed by atoms with Crippen molar-refractivity contribution in [1.29, 1.82) is 0 Å². The summed E-state index contributed by atoms with van der Waals surface area (Å²) in [6, 6.07) is 6.72. The van der Waals surface area contributed by atoms with Gasteiger partial charge in [-0.2, -0.15) is 0 Å². The number of rotatable bonds is 6. The van der Waals surface area contributed by atoms with Gasteiger partial charge in [0.25, 0.3) is 0 Å². The van der Waals surface area contributed by atoms with Crippen LogP contribution in [0.25, 0.3) is 0 Å². The number of nitrogens with one attached hydrogen (secondary N) is 1. The first-order valence-corrected chi connectivity index (χ1v) is 11.8. The van der Waals surface area contributed by atoms with Gasteiger partial charge >= 0.3 is 12.1 Å². The molecule has 3 rings (SSSR count). The Morgan fingerprint density at radius 1 is 1.21 bits per heavy atom. The van der Waals surface area contributed by atoms with E-state index in [1.54, 1.807) is 30.3 Å². The predicted molar refractivity (Wildman–Crippen MR) is 125 cm³/mol. The SMILES string of the molecule is COC(=O)C1N2C(=O)C(NC(=O)CN(C(=O)OCC(Cl)(Cl)Cl)c3ccccc3)[C@H]2SC1(C)C. The van der Waals surface area contributed by atoms with Crippen LogP contribution in [0.5, 0.6) is 0 Å². The van der Waals surface area contributed by atoms with Gasteiger partial charge in [-0.15, -0.1) is 11.8 Å².